The SMILES string of the molecule is C[N+]1(CCCCCC[N+]2(C)CCCCCCCCCCCC2)CCCCCCCCCCCC1. The summed E-state index contributed by atoms with van der Waals surface area (Å²) in [5.74, 6) is 0. The molecule has 0 aliphatic carbocycles. The van der Waals surface area contributed by atoms with Crippen LogP contribution in [-0.4, -0.2) is 62.3 Å². The molecule has 0 spiro atoms. The summed E-state index contributed by atoms with van der Waals surface area (Å²) in [6.45, 7) is 8.63. The van der Waals surface area contributed by atoms with Crippen LogP contribution in [0.2, 0.25) is 0 Å². The van der Waals surface area contributed by atoms with E-state index in [1.165, 1.54) is 202 Å². The van der Waals surface area contributed by atoms with Gasteiger partial charge in [0.1, 0.15) is 0 Å². The lowest BCUT2D eigenvalue weighted by Gasteiger charge is -2.36. The van der Waals surface area contributed by atoms with Gasteiger partial charge in [-0.1, -0.05) is 77.0 Å². The minimum Gasteiger partial charge on any atom is -0.326 e. The summed E-state index contributed by atoms with van der Waals surface area (Å²) in [6, 6.07) is 0. The summed E-state index contributed by atoms with van der Waals surface area (Å²) in [5, 5.41) is 0. The molecule has 0 N–H and O–H groups in total. The third kappa shape index (κ3) is 15.1. The highest BCUT2D eigenvalue weighted by Gasteiger charge is 2.22. The van der Waals surface area contributed by atoms with Crippen molar-refractivity contribution in [3.63, 3.8) is 0 Å². The Morgan fingerprint density at radius 3 is 0.735 bits per heavy atom. The largest absolute Gasteiger partial charge is 0.326 e. The second-order valence-corrected chi connectivity index (χ2v) is 13.1. The first-order valence-electron chi connectivity index (χ1n) is 16.3. The molecular weight excluding hydrogens is 412 g/mol. The third-order valence-corrected chi connectivity index (χ3v) is 9.44. The molecule has 2 rings (SSSR count). The highest BCUT2D eigenvalue weighted by molar-refractivity contribution is 4.55. The molecule has 0 radical (unpaired) electrons. The zero-order valence-corrected chi connectivity index (χ0v) is 24.1. The van der Waals surface area contributed by atoms with E-state index in [4.69, 9.17) is 0 Å². The lowest BCUT2D eigenvalue weighted by Crippen LogP contribution is -2.46. The van der Waals surface area contributed by atoms with Gasteiger partial charge in [0.15, 0.2) is 0 Å². The van der Waals surface area contributed by atoms with E-state index in [0.29, 0.717) is 0 Å². The van der Waals surface area contributed by atoms with Gasteiger partial charge in [-0.2, -0.15) is 0 Å². The molecular formula is C32H66N2+2. The summed E-state index contributed by atoms with van der Waals surface area (Å²) in [6.07, 6.45) is 35.5. The predicted octanol–water partition coefficient (Wildman–Crippen LogP) is 9.27. The highest BCUT2D eigenvalue weighted by Crippen LogP contribution is 2.20. The molecule has 0 amide bonds. The van der Waals surface area contributed by atoms with E-state index in [9.17, 15) is 0 Å². The van der Waals surface area contributed by atoms with Crippen molar-refractivity contribution < 1.29 is 8.97 Å². The standard InChI is InChI=1S/C32H66N2/c1-33(27-21-15-11-7-3-4-8-12-16-22-28-33)31-25-19-20-26-32-34(2)29-23-17-13-9-5-6-10-14-18-24-30-34/h3-32H2,1-2H3/q+2. The summed E-state index contributed by atoms with van der Waals surface area (Å²) in [4.78, 5) is 0. The van der Waals surface area contributed by atoms with Crippen molar-refractivity contribution in [2.24, 2.45) is 0 Å². The smallest absolute Gasteiger partial charge is 0.0784 e. The number of hydrogen-bond acceptors (Lipinski definition) is 0. The molecule has 2 aliphatic rings. The molecule has 0 aromatic heterocycles. The maximum atomic E-state index is 2.59. The Balaban J connectivity index is 1.66. The Kier molecular flexibility index (Phi) is 16.9. The average Bonchev–Trinajstić information content (AvgIpc) is 2.86. The van der Waals surface area contributed by atoms with Crippen LogP contribution in [0.25, 0.3) is 0 Å². The Labute approximate surface area is 216 Å². The van der Waals surface area contributed by atoms with E-state index >= 15 is 0 Å². The zero-order chi connectivity index (χ0) is 24.2. The fraction of sp³-hybridized carbons (Fsp3) is 1.00. The van der Waals surface area contributed by atoms with E-state index in [2.05, 4.69) is 14.1 Å². The first kappa shape index (κ1) is 30.1. The van der Waals surface area contributed by atoms with Crippen molar-refractivity contribution in [1.82, 2.24) is 0 Å². The van der Waals surface area contributed by atoms with Gasteiger partial charge < -0.3 is 8.97 Å². The second-order valence-electron chi connectivity index (χ2n) is 13.1. The van der Waals surface area contributed by atoms with Gasteiger partial charge in [-0.05, 0) is 77.0 Å². The van der Waals surface area contributed by atoms with Gasteiger partial charge in [0, 0.05) is 0 Å². The van der Waals surface area contributed by atoms with Crippen LogP contribution in [-0.2, 0) is 0 Å². The normalized spacial score (nSPS) is 24.9. The molecule has 0 bridgehead atoms. The number of nitrogens with zero attached hydrogens (tertiary/aromatic N) is 2. The molecule has 0 atom stereocenters. The topological polar surface area (TPSA) is 0 Å². The molecule has 34 heavy (non-hydrogen) atoms. The number of hydrogen-bond donors (Lipinski definition) is 0. The van der Waals surface area contributed by atoms with E-state index in [-0.39, 0.29) is 0 Å². The van der Waals surface area contributed by atoms with Crippen LogP contribution in [0.15, 0.2) is 0 Å². The molecule has 2 heterocycles. The van der Waals surface area contributed by atoms with Gasteiger partial charge >= 0.3 is 0 Å². The van der Waals surface area contributed by atoms with Crippen LogP contribution in [0.1, 0.15) is 154 Å². The van der Waals surface area contributed by atoms with Gasteiger partial charge in [0.05, 0.1) is 53.4 Å². The molecule has 2 aliphatic heterocycles. The molecule has 202 valence electrons. The lowest BCUT2D eigenvalue weighted by atomic mass is 10.1. The fourth-order valence-corrected chi connectivity index (χ4v) is 6.81. The van der Waals surface area contributed by atoms with Gasteiger partial charge in [-0.3, -0.25) is 0 Å². The Morgan fingerprint density at radius 1 is 0.294 bits per heavy atom. The monoisotopic (exact) mass is 479 g/mol. The fourth-order valence-electron chi connectivity index (χ4n) is 6.81. The van der Waals surface area contributed by atoms with Crippen molar-refractivity contribution in [3.8, 4) is 0 Å². The first-order valence-corrected chi connectivity index (χ1v) is 16.3. The minimum atomic E-state index is 1.37. The average molecular weight is 479 g/mol. The van der Waals surface area contributed by atoms with Crippen LogP contribution in [0.3, 0.4) is 0 Å². The van der Waals surface area contributed by atoms with E-state index in [1.807, 2.05) is 0 Å². The Morgan fingerprint density at radius 2 is 0.500 bits per heavy atom. The van der Waals surface area contributed by atoms with Crippen molar-refractivity contribution in [2.45, 2.75) is 154 Å². The predicted molar refractivity (Wildman–Crippen MR) is 152 cm³/mol. The van der Waals surface area contributed by atoms with Crippen molar-refractivity contribution >= 4 is 0 Å². The zero-order valence-electron chi connectivity index (χ0n) is 24.1. The van der Waals surface area contributed by atoms with E-state index in [0.717, 1.165) is 0 Å². The highest BCUT2D eigenvalue weighted by atomic mass is 15.3. The summed E-state index contributed by atoms with van der Waals surface area (Å²) >= 11 is 0. The first-order chi connectivity index (χ1) is 16.6. The Bertz CT molecular complexity index is 390. The molecule has 2 nitrogen and oxygen atoms in total. The van der Waals surface area contributed by atoms with Crippen LogP contribution in [0.4, 0.5) is 0 Å². The maximum absolute atomic E-state index is 2.59. The van der Waals surface area contributed by atoms with Crippen molar-refractivity contribution in [3.05, 3.63) is 0 Å². The molecule has 0 unspecified atom stereocenters. The molecule has 0 saturated carbocycles. The quantitative estimate of drug-likeness (QED) is 0.252. The van der Waals surface area contributed by atoms with Crippen molar-refractivity contribution in [2.75, 3.05) is 53.4 Å². The van der Waals surface area contributed by atoms with Crippen LogP contribution < -0.4 is 0 Å². The van der Waals surface area contributed by atoms with Crippen LogP contribution >= 0.6 is 0 Å². The number of rotatable bonds is 7. The Hall–Kier alpha value is -0.0800. The van der Waals surface area contributed by atoms with E-state index < -0.39 is 0 Å². The second kappa shape index (κ2) is 19.1. The van der Waals surface area contributed by atoms with Crippen molar-refractivity contribution in [1.29, 1.82) is 0 Å². The van der Waals surface area contributed by atoms with Crippen LogP contribution in [0, 0.1) is 0 Å². The summed E-state index contributed by atoms with van der Waals surface area (Å²) in [7, 11) is 5.18. The summed E-state index contributed by atoms with van der Waals surface area (Å²) in [5.41, 5.74) is 0. The molecule has 0 aromatic rings. The molecule has 2 fully saturated rings. The van der Waals surface area contributed by atoms with E-state index in [1.54, 1.807) is 0 Å². The molecule has 2 saturated heterocycles. The van der Waals surface area contributed by atoms with Gasteiger partial charge in [0.2, 0.25) is 0 Å². The van der Waals surface area contributed by atoms with Gasteiger partial charge in [-0.25, -0.2) is 0 Å². The summed E-state index contributed by atoms with van der Waals surface area (Å²) < 4.78 is 2.74. The molecule has 0 aromatic carbocycles. The number of unbranched alkanes of at least 4 members (excludes halogenated alkanes) is 3. The number of quaternary nitrogens is 2. The maximum Gasteiger partial charge on any atom is 0.0784 e. The minimum absolute atomic E-state index is 1.37. The van der Waals surface area contributed by atoms with Crippen LogP contribution in [0.5, 0.6) is 0 Å². The van der Waals surface area contributed by atoms with Gasteiger partial charge in [-0.15, -0.1) is 0 Å². The molecule has 2 heteroatoms. The lowest BCUT2D eigenvalue weighted by molar-refractivity contribution is -0.911. The third-order valence-electron chi connectivity index (χ3n) is 9.44. The van der Waals surface area contributed by atoms with Gasteiger partial charge in [0.25, 0.3) is 0 Å².